The van der Waals surface area contributed by atoms with Crippen LogP contribution >= 0.6 is 12.2 Å². The Labute approximate surface area is 187 Å². The van der Waals surface area contributed by atoms with Crippen LogP contribution in [0.3, 0.4) is 0 Å². The van der Waals surface area contributed by atoms with Gasteiger partial charge in [-0.15, -0.1) is 0 Å². The van der Waals surface area contributed by atoms with E-state index < -0.39 is 0 Å². The molecule has 5 N–H and O–H groups in total. The van der Waals surface area contributed by atoms with Gasteiger partial charge in [-0.1, -0.05) is 31.2 Å². The van der Waals surface area contributed by atoms with Gasteiger partial charge in [0.1, 0.15) is 11.4 Å². The number of pyridine rings is 1. The topological polar surface area (TPSA) is 101 Å². The van der Waals surface area contributed by atoms with Gasteiger partial charge in [0.15, 0.2) is 5.11 Å². The van der Waals surface area contributed by atoms with Crippen LogP contribution in [0, 0.1) is 6.07 Å². The van der Waals surface area contributed by atoms with Crippen molar-refractivity contribution in [1.29, 1.82) is 0 Å². The molecule has 0 aliphatic heterocycles. The lowest BCUT2D eigenvalue weighted by molar-refractivity contribution is 0.0940. The second kappa shape index (κ2) is 11.2. The number of carbonyl (C=O) groups excluding carboxylic acids is 1. The molecule has 1 unspecified atom stereocenters. The quantitative estimate of drug-likeness (QED) is 0.318. The molecule has 0 saturated heterocycles. The van der Waals surface area contributed by atoms with Crippen molar-refractivity contribution in [3.8, 4) is 5.75 Å². The lowest BCUT2D eigenvalue weighted by atomic mass is 10.1. The average Bonchev–Trinajstić information content (AvgIpc) is 2.80. The first-order valence-corrected chi connectivity index (χ1v) is 10.5. The summed E-state index contributed by atoms with van der Waals surface area (Å²) in [4.78, 5) is 16.7. The zero-order chi connectivity index (χ0) is 22.1. The van der Waals surface area contributed by atoms with Crippen LogP contribution in [0.25, 0.3) is 10.8 Å². The van der Waals surface area contributed by atoms with Gasteiger partial charge in [0.05, 0.1) is 6.61 Å². The first kappa shape index (κ1) is 22.5. The first-order chi connectivity index (χ1) is 15.1. The normalized spacial score (nSPS) is 11.5. The van der Waals surface area contributed by atoms with E-state index in [-0.39, 0.29) is 17.1 Å². The second-order valence-corrected chi connectivity index (χ2v) is 7.40. The van der Waals surface area contributed by atoms with E-state index in [1.807, 2.05) is 36.4 Å². The Hall–Kier alpha value is -3.23. The molecule has 0 fully saturated rings. The highest BCUT2D eigenvalue weighted by Gasteiger charge is 2.13. The molecule has 3 aromatic rings. The molecule has 0 bridgehead atoms. The molecule has 31 heavy (non-hydrogen) atoms. The highest BCUT2D eigenvalue weighted by atomic mass is 32.1. The molecule has 0 saturated carbocycles. The maximum atomic E-state index is 12.6. The molecule has 1 atom stereocenters. The summed E-state index contributed by atoms with van der Waals surface area (Å²) in [5, 5.41) is 5.04. The van der Waals surface area contributed by atoms with Crippen molar-refractivity contribution in [3.05, 3.63) is 72.1 Å². The number of aromatic nitrogens is 1. The van der Waals surface area contributed by atoms with Crippen LogP contribution < -0.4 is 26.6 Å². The Morgan fingerprint density at radius 3 is 2.97 bits per heavy atom. The molecule has 1 heterocycles. The fraction of sp³-hybridized carbons (Fsp3) is 0.261. The van der Waals surface area contributed by atoms with Crippen molar-refractivity contribution in [3.63, 3.8) is 0 Å². The third kappa shape index (κ3) is 6.37. The molecule has 8 heteroatoms. The van der Waals surface area contributed by atoms with Gasteiger partial charge < -0.3 is 15.8 Å². The van der Waals surface area contributed by atoms with Gasteiger partial charge in [-0.3, -0.25) is 20.6 Å². The van der Waals surface area contributed by atoms with Gasteiger partial charge in [0, 0.05) is 24.2 Å². The van der Waals surface area contributed by atoms with Crippen molar-refractivity contribution < 1.29 is 9.53 Å². The third-order valence-electron chi connectivity index (χ3n) is 4.59. The Bertz CT molecular complexity index is 1040. The van der Waals surface area contributed by atoms with Crippen LogP contribution in [-0.2, 0) is 6.42 Å². The number of hydrazine groups is 1. The van der Waals surface area contributed by atoms with Crippen molar-refractivity contribution in [1.82, 2.24) is 21.2 Å². The summed E-state index contributed by atoms with van der Waals surface area (Å²) in [5.74, 6) is 0.453. The maximum absolute atomic E-state index is 12.6. The molecule has 2 aromatic carbocycles. The van der Waals surface area contributed by atoms with Gasteiger partial charge >= 0.3 is 0 Å². The molecule has 1 amide bonds. The van der Waals surface area contributed by atoms with E-state index in [2.05, 4.69) is 34.1 Å². The monoisotopic (exact) mass is 436 g/mol. The molecule has 1 aromatic heterocycles. The molecule has 3 rings (SSSR count). The summed E-state index contributed by atoms with van der Waals surface area (Å²) in [5.41, 5.74) is 12.6. The number of rotatable bonds is 8. The van der Waals surface area contributed by atoms with Crippen LogP contribution in [0.4, 0.5) is 0 Å². The van der Waals surface area contributed by atoms with Gasteiger partial charge in [-0.25, -0.2) is 0 Å². The molecular formula is C23H26N5O2S. The van der Waals surface area contributed by atoms with Crippen LogP contribution in [-0.4, -0.2) is 35.2 Å². The van der Waals surface area contributed by atoms with E-state index in [4.69, 9.17) is 22.7 Å². The number of amides is 1. The predicted molar refractivity (Wildman–Crippen MR) is 126 cm³/mol. The van der Waals surface area contributed by atoms with E-state index in [0.29, 0.717) is 25.3 Å². The molecular weight excluding hydrogens is 410 g/mol. The van der Waals surface area contributed by atoms with Gasteiger partial charge in [-0.2, -0.15) is 0 Å². The number of nitrogens with two attached hydrogens (primary N) is 1. The Morgan fingerprint density at radius 2 is 2.16 bits per heavy atom. The number of nitrogens with zero attached hydrogens (tertiary/aromatic N) is 1. The fourth-order valence-corrected chi connectivity index (χ4v) is 3.31. The lowest BCUT2D eigenvalue weighted by Gasteiger charge is -2.20. The number of hydrogen-bond donors (Lipinski definition) is 4. The van der Waals surface area contributed by atoms with Gasteiger partial charge in [0.2, 0.25) is 0 Å². The van der Waals surface area contributed by atoms with Crippen LogP contribution in [0.1, 0.15) is 29.4 Å². The number of fused-ring (bicyclic) bond motifs is 1. The molecule has 0 spiro atoms. The smallest absolute Gasteiger partial charge is 0.288 e. The number of thiocarbonyl (C=S) groups is 1. The van der Waals surface area contributed by atoms with Crippen molar-refractivity contribution in [2.75, 3.05) is 13.2 Å². The van der Waals surface area contributed by atoms with E-state index in [9.17, 15) is 4.79 Å². The summed E-state index contributed by atoms with van der Waals surface area (Å²) in [6.07, 6.45) is 3.21. The predicted octanol–water partition coefficient (Wildman–Crippen LogP) is 2.50. The zero-order valence-electron chi connectivity index (χ0n) is 17.4. The van der Waals surface area contributed by atoms with E-state index in [1.165, 1.54) is 0 Å². The van der Waals surface area contributed by atoms with Crippen molar-refractivity contribution in [2.24, 2.45) is 5.73 Å². The number of benzene rings is 2. The highest BCUT2D eigenvalue weighted by molar-refractivity contribution is 7.80. The minimum Gasteiger partial charge on any atom is -0.494 e. The SMILES string of the molecule is CCCOc1cccc(CC(CN)NC(=S)NNC(=O)c2nccc3c[c]ccc23)c1. The van der Waals surface area contributed by atoms with Gasteiger partial charge in [0.25, 0.3) is 5.91 Å². The molecule has 7 nitrogen and oxygen atoms in total. The summed E-state index contributed by atoms with van der Waals surface area (Å²) >= 11 is 5.32. The molecule has 1 radical (unpaired) electrons. The molecule has 161 valence electrons. The minimum atomic E-state index is -0.383. The molecule has 0 aliphatic rings. The fourth-order valence-electron chi connectivity index (χ4n) is 3.09. The van der Waals surface area contributed by atoms with Crippen molar-refractivity contribution in [2.45, 2.75) is 25.8 Å². The summed E-state index contributed by atoms with van der Waals surface area (Å²) in [6, 6.07) is 18.0. The number of ether oxygens (including phenoxy) is 1. The minimum absolute atomic E-state index is 0.107. The summed E-state index contributed by atoms with van der Waals surface area (Å²) in [7, 11) is 0. The molecule has 0 aliphatic carbocycles. The lowest BCUT2D eigenvalue weighted by Crippen LogP contribution is -2.52. The number of hydrogen-bond acceptors (Lipinski definition) is 5. The number of carbonyl (C=O) groups is 1. The van der Waals surface area contributed by atoms with E-state index in [1.54, 1.807) is 18.3 Å². The van der Waals surface area contributed by atoms with E-state index in [0.717, 1.165) is 28.5 Å². The standard InChI is InChI=1S/C23H26N5O2S/c1-2-12-30-19-8-5-6-16(14-19)13-18(15-24)26-23(31)28-27-22(29)21-20-9-4-3-7-17(20)10-11-25-21/h4-11,14,18H,2,12-13,15,24H2,1H3,(H,27,29)(H2,26,28,31). The highest BCUT2D eigenvalue weighted by Crippen LogP contribution is 2.16. The summed E-state index contributed by atoms with van der Waals surface area (Å²) < 4.78 is 5.68. The Balaban J connectivity index is 1.55. The van der Waals surface area contributed by atoms with E-state index >= 15 is 0 Å². The Morgan fingerprint density at radius 1 is 1.29 bits per heavy atom. The van der Waals surface area contributed by atoms with Crippen molar-refractivity contribution >= 4 is 34.0 Å². The summed E-state index contributed by atoms with van der Waals surface area (Å²) in [6.45, 7) is 3.12. The third-order valence-corrected chi connectivity index (χ3v) is 4.81. The largest absolute Gasteiger partial charge is 0.494 e. The maximum Gasteiger partial charge on any atom is 0.288 e. The Kier molecular flexibility index (Phi) is 8.14. The second-order valence-electron chi connectivity index (χ2n) is 6.99. The van der Waals surface area contributed by atoms with Crippen LogP contribution in [0.2, 0.25) is 0 Å². The number of nitrogens with one attached hydrogen (secondary N) is 3. The van der Waals surface area contributed by atoms with Crippen LogP contribution in [0.15, 0.2) is 54.7 Å². The van der Waals surface area contributed by atoms with Gasteiger partial charge in [-0.05, 0) is 66.3 Å². The zero-order valence-corrected chi connectivity index (χ0v) is 18.2. The first-order valence-electron chi connectivity index (χ1n) is 10.1. The average molecular weight is 437 g/mol. The van der Waals surface area contributed by atoms with Crippen LogP contribution in [0.5, 0.6) is 5.75 Å².